The van der Waals surface area contributed by atoms with Gasteiger partial charge in [0.25, 0.3) is 0 Å². The van der Waals surface area contributed by atoms with Gasteiger partial charge in [-0.25, -0.2) is 19.4 Å². The molecule has 1 aromatic carbocycles. The van der Waals surface area contributed by atoms with Gasteiger partial charge in [-0.05, 0) is 49.7 Å². The minimum absolute atomic E-state index is 0.0461. The van der Waals surface area contributed by atoms with E-state index in [0.717, 1.165) is 30.2 Å². The average molecular weight is 408 g/mol. The Morgan fingerprint density at radius 3 is 2.67 bits per heavy atom. The summed E-state index contributed by atoms with van der Waals surface area (Å²) in [6.07, 6.45) is 1.44. The van der Waals surface area contributed by atoms with Crippen molar-refractivity contribution < 1.29 is 9.18 Å². The summed E-state index contributed by atoms with van der Waals surface area (Å²) >= 11 is 0. The van der Waals surface area contributed by atoms with E-state index in [1.165, 1.54) is 6.07 Å². The molecule has 4 rings (SSSR count). The molecule has 1 unspecified atom stereocenters. The number of hydrogen-bond acceptors (Lipinski definition) is 6. The Kier molecular flexibility index (Phi) is 5.85. The van der Waals surface area contributed by atoms with E-state index in [1.54, 1.807) is 25.3 Å². The van der Waals surface area contributed by atoms with Crippen LogP contribution in [0.5, 0.6) is 0 Å². The zero-order chi connectivity index (χ0) is 21.1. The molecule has 1 aromatic heterocycles. The van der Waals surface area contributed by atoms with Crippen LogP contribution in [-0.4, -0.2) is 66.2 Å². The second-order valence-electron chi connectivity index (χ2n) is 7.51. The molecule has 2 aromatic rings. The molecule has 0 aliphatic carbocycles. The quantitative estimate of drug-likeness (QED) is 0.822. The van der Waals surface area contributed by atoms with Crippen molar-refractivity contribution in [2.75, 3.05) is 37.6 Å². The molecule has 8 heteroatoms. The number of halogens is 1. The lowest BCUT2D eigenvalue weighted by Gasteiger charge is -2.35. The van der Waals surface area contributed by atoms with Crippen molar-refractivity contribution in [3.63, 3.8) is 0 Å². The van der Waals surface area contributed by atoms with Crippen LogP contribution in [-0.2, 0) is 4.79 Å². The molecule has 1 saturated heterocycles. The maximum Gasteiger partial charge on any atom is 0.236 e. The molecule has 1 N–H and O–H groups in total. The Bertz CT molecular complexity index is 982. The van der Waals surface area contributed by atoms with Crippen LogP contribution < -0.4 is 10.2 Å². The van der Waals surface area contributed by atoms with Crippen molar-refractivity contribution >= 4 is 23.3 Å². The summed E-state index contributed by atoms with van der Waals surface area (Å²) in [7, 11) is 0. The fraction of sp³-hybridized carbons (Fsp3) is 0.364. The van der Waals surface area contributed by atoms with Crippen LogP contribution >= 0.6 is 0 Å². The van der Waals surface area contributed by atoms with Crippen LogP contribution in [0.25, 0.3) is 0 Å². The van der Waals surface area contributed by atoms with Crippen LogP contribution in [0.3, 0.4) is 0 Å². The predicted molar refractivity (Wildman–Crippen MR) is 116 cm³/mol. The molecule has 1 amide bonds. The van der Waals surface area contributed by atoms with E-state index in [-0.39, 0.29) is 24.4 Å². The minimum atomic E-state index is -0.343. The maximum atomic E-state index is 13.5. The van der Waals surface area contributed by atoms with E-state index in [2.05, 4.69) is 25.2 Å². The zero-order valence-corrected chi connectivity index (χ0v) is 17.2. The molecule has 1 atom stereocenters. The molecule has 156 valence electrons. The van der Waals surface area contributed by atoms with Gasteiger partial charge in [0.15, 0.2) is 5.84 Å². The van der Waals surface area contributed by atoms with E-state index in [4.69, 9.17) is 0 Å². The molecule has 1 fully saturated rings. The highest BCUT2D eigenvalue weighted by molar-refractivity contribution is 6.12. The number of rotatable bonds is 5. The molecule has 0 bridgehead atoms. The number of aliphatic imine (C=N–C) groups is 2. The summed E-state index contributed by atoms with van der Waals surface area (Å²) in [5.41, 5.74) is 2.12. The number of aromatic nitrogens is 1. The second kappa shape index (κ2) is 8.71. The largest absolute Gasteiger partial charge is 0.353 e. The smallest absolute Gasteiger partial charge is 0.236 e. The zero-order valence-electron chi connectivity index (χ0n) is 17.2. The summed E-state index contributed by atoms with van der Waals surface area (Å²) in [5.74, 6) is 1.30. The third kappa shape index (κ3) is 4.38. The number of piperazine rings is 1. The highest BCUT2D eigenvalue weighted by atomic mass is 19.1. The number of anilines is 1. The van der Waals surface area contributed by atoms with Gasteiger partial charge >= 0.3 is 0 Å². The predicted octanol–water partition coefficient (Wildman–Crippen LogP) is 2.01. The fourth-order valence-electron chi connectivity index (χ4n) is 3.61. The first-order valence-corrected chi connectivity index (χ1v) is 10.1. The Balaban J connectivity index is 1.30. The number of nitrogens with zero attached hydrogens (tertiary/aromatic N) is 5. The SMILES string of the molecule is CC1=NC(c2ccc(F)c(C)c2)=NC1NCC(=O)N1CCN(c2ccccn2)CC1. The molecule has 3 heterocycles. The number of pyridine rings is 1. The molecule has 7 nitrogen and oxygen atoms in total. The van der Waals surface area contributed by atoms with Crippen molar-refractivity contribution in [3.05, 3.63) is 59.5 Å². The minimum Gasteiger partial charge on any atom is -0.353 e. The molecular formula is C22H25FN6O. The van der Waals surface area contributed by atoms with E-state index >= 15 is 0 Å². The van der Waals surface area contributed by atoms with Crippen molar-refractivity contribution in [1.82, 2.24) is 15.2 Å². The van der Waals surface area contributed by atoms with Crippen LogP contribution in [0.4, 0.5) is 10.2 Å². The van der Waals surface area contributed by atoms with Crippen LogP contribution in [0.1, 0.15) is 18.1 Å². The normalized spacial score (nSPS) is 19.0. The number of amides is 1. The summed E-state index contributed by atoms with van der Waals surface area (Å²) in [6, 6.07) is 10.7. The molecule has 0 spiro atoms. The van der Waals surface area contributed by atoms with Gasteiger partial charge in [-0.15, -0.1) is 0 Å². The third-order valence-corrected chi connectivity index (χ3v) is 5.40. The second-order valence-corrected chi connectivity index (χ2v) is 7.51. The number of hydrogen-bond donors (Lipinski definition) is 1. The standard InChI is InChI=1S/C22H25FN6O/c1-15-13-17(6-7-18(15)23)22-26-16(2)21(27-22)25-14-20(30)29-11-9-28(10-12-29)19-5-3-4-8-24-19/h3-8,13,21,25H,9-12,14H2,1-2H3. The third-order valence-electron chi connectivity index (χ3n) is 5.40. The molecule has 30 heavy (non-hydrogen) atoms. The topological polar surface area (TPSA) is 73.2 Å². The molecule has 2 aliphatic heterocycles. The first-order chi connectivity index (χ1) is 14.5. The summed E-state index contributed by atoms with van der Waals surface area (Å²) in [5, 5.41) is 3.19. The van der Waals surface area contributed by atoms with E-state index in [9.17, 15) is 9.18 Å². The number of benzene rings is 1. The van der Waals surface area contributed by atoms with Gasteiger partial charge in [0.2, 0.25) is 5.91 Å². The van der Waals surface area contributed by atoms with Gasteiger partial charge in [-0.3, -0.25) is 10.1 Å². The first-order valence-electron chi connectivity index (χ1n) is 10.1. The molecular weight excluding hydrogens is 383 g/mol. The van der Waals surface area contributed by atoms with Crippen molar-refractivity contribution in [2.45, 2.75) is 20.0 Å². The van der Waals surface area contributed by atoms with Crippen molar-refractivity contribution in [2.24, 2.45) is 9.98 Å². The highest BCUT2D eigenvalue weighted by Gasteiger charge is 2.24. The van der Waals surface area contributed by atoms with Crippen molar-refractivity contribution in [3.8, 4) is 0 Å². The first kappa shape index (κ1) is 20.2. The average Bonchev–Trinajstić information content (AvgIpc) is 3.15. The Morgan fingerprint density at radius 2 is 1.97 bits per heavy atom. The van der Waals surface area contributed by atoms with Gasteiger partial charge < -0.3 is 9.80 Å². The monoisotopic (exact) mass is 408 g/mol. The van der Waals surface area contributed by atoms with Gasteiger partial charge in [0.1, 0.15) is 17.8 Å². The number of aryl methyl sites for hydroxylation is 1. The summed E-state index contributed by atoms with van der Waals surface area (Å²) in [4.78, 5) is 30.1. The van der Waals surface area contributed by atoms with Crippen LogP contribution in [0, 0.1) is 12.7 Å². The summed E-state index contributed by atoms with van der Waals surface area (Å²) in [6.45, 7) is 6.64. The highest BCUT2D eigenvalue weighted by Crippen LogP contribution is 2.16. The van der Waals surface area contributed by atoms with Gasteiger partial charge in [0, 0.05) is 37.9 Å². The Hall–Kier alpha value is -3.13. The Labute approximate surface area is 175 Å². The molecule has 0 saturated carbocycles. The number of amidine groups is 1. The fourth-order valence-corrected chi connectivity index (χ4v) is 3.61. The van der Waals surface area contributed by atoms with Gasteiger partial charge in [-0.2, -0.15) is 0 Å². The number of nitrogens with one attached hydrogen (secondary N) is 1. The molecule has 2 aliphatic rings. The Morgan fingerprint density at radius 1 is 1.17 bits per heavy atom. The van der Waals surface area contributed by atoms with Crippen LogP contribution in [0.15, 0.2) is 52.6 Å². The van der Waals surface area contributed by atoms with Crippen molar-refractivity contribution in [1.29, 1.82) is 0 Å². The van der Waals surface area contributed by atoms with Gasteiger partial charge in [-0.1, -0.05) is 6.07 Å². The lowest BCUT2D eigenvalue weighted by molar-refractivity contribution is -0.130. The number of carbonyl (C=O) groups excluding carboxylic acids is 1. The van der Waals surface area contributed by atoms with E-state index in [1.807, 2.05) is 30.0 Å². The van der Waals surface area contributed by atoms with E-state index in [0.29, 0.717) is 24.5 Å². The summed E-state index contributed by atoms with van der Waals surface area (Å²) < 4.78 is 13.5. The lowest BCUT2D eigenvalue weighted by Crippen LogP contribution is -2.52. The van der Waals surface area contributed by atoms with E-state index < -0.39 is 0 Å². The maximum absolute atomic E-state index is 13.5. The van der Waals surface area contributed by atoms with Gasteiger partial charge in [0.05, 0.1) is 12.3 Å². The lowest BCUT2D eigenvalue weighted by atomic mass is 10.1. The number of carbonyl (C=O) groups is 1. The van der Waals surface area contributed by atoms with Crippen LogP contribution in [0.2, 0.25) is 0 Å². The molecule has 0 radical (unpaired) electrons.